The van der Waals surface area contributed by atoms with E-state index in [0.717, 1.165) is 22.9 Å². The third-order valence-corrected chi connectivity index (χ3v) is 2.47. The van der Waals surface area contributed by atoms with E-state index in [1.54, 1.807) is 0 Å². The second-order valence-electron chi connectivity index (χ2n) is 3.00. The zero-order chi connectivity index (χ0) is 9.68. The van der Waals surface area contributed by atoms with Crippen LogP contribution in [-0.4, -0.2) is 11.7 Å². The number of halogens is 1. The molecule has 0 bridgehead atoms. The van der Waals surface area contributed by atoms with Crippen molar-refractivity contribution < 1.29 is 5.11 Å². The highest BCUT2D eigenvalue weighted by atomic mass is 79.9. The molecular formula is C10H14BrNO. The van der Waals surface area contributed by atoms with E-state index in [1.807, 2.05) is 24.3 Å². The topological polar surface area (TPSA) is 46.2 Å². The van der Waals surface area contributed by atoms with E-state index >= 15 is 0 Å². The summed E-state index contributed by atoms with van der Waals surface area (Å²) in [5, 5.41) is 9.67. The van der Waals surface area contributed by atoms with Crippen LogP contribution in [0.3, 0.4) is 0 Å². The van der Waals surface area contributed by atoms with Gasteiger partial charge in [0.1, 0.15) is 0 Å². The van der Waals surface area contributed by atoms with E-state index in [9.17, 15) is 5.11 Å². The fourth-order valence-electron chi connectivity index (χ4n) is 1.16. The third kappa shape index (κ3) is 3.46. The van der Waals surface area contributed by atoms with E-state index in [-0.39, 0.29) is 6.10 Å². The third-order valence-electron chi connectivity index (χ3n) is 1.94. The van der Waals surface area contributed by atoms with Gasteiger partial charge in [-0.3, -0.25) is 0 Å². The number of nitrogens with two attached hydrogens (primary N) is 1. The van der Waals surface area contributed by atoms with Crippen LogP contribution in [0.15, 0.2) is 28.7 Å². The van der Waals surface area contributed by atoms with Gasteiger partial charge in [0.25, 0.3) is 0 Å². The van der Waals surface area contributed by atoms with Crippen LogP contribution in [0.2, 0.25) is 0 Å². The second-order valence-corrected chi connectivity index (χ2v) is 3.91. The molecule has 1 aromatic carbocycles. The van der Waals surface area contributed by atoms with Crippen molar-refractivity contribution in [3.63, 3.8) is 0 Å². The average molecular weight is 244 g/mol. The lowest BCUT2D eigenvalue weighted by molar-refractivity contribution is 0.165. The first-order chi connectivity index (χ1) is 6.24. The van der Waals surface area contributed by atoms with Crippen molar-refractivity contribution in [2.75, 3.05) is 6.54 Å². The van der Waals surface area contributed by atoms with Gasteiger partial charge < -0.3 is 10.8 Å². The van der Waals surface area contributed by atoms with Crippen molar-refractivity contribution in [3.8, 4) is 0 Å². The number of aliphatic hydroxyl groups excluding tert-OH is 1. The quantitative estimate of drug-likeness (QED) is 0.853. The average Bonchev–Trinajstić information content (AvgIpc) is 2.15. The molecule has 0 spiro atoms. The molecule has 2 nitrogen and oxygen atoms in total. The SMILES string of the molecule is NCCC[C@@H](O)c1ccc(Br)cc1. The van der Waals surface area contributed by atoms with Crippen molar-refractivity contribution in [1.82, 2.24) is 0 Å². The maximum Gasteiger partial charge on any atom is 0.0790 e. The van der Waals surface area contributed by atoms with Crippen molar-refractivity contribution >= 4 is 15.9 Å². The van der Waals surface area contributed by atoms with Crippen LogP contribution in [0.1, 0.15) is 24.5 Å². The number of rotatable bonds is 4. The lowest BCUT2D eigenvalue weighted by Gasteiger charge is -2.09. The van der Waals surface area contributed by atoms with Crippen molar-refractivity contribution in [2.45, 2.75) is 18.9 Å². The predicted molar refractivity (Wildman–Crippen MR) is 57.4 cm³/mol. The summed E-state index contributed by atoms with van der Waals surface area (Å²) in [5.41, 5.74) is 6.32. The van der Waals surface area contributed by atoms with Gasteiger partial charge in [-0.15, -0.1) is 0 Å². The van der Waals surface area contributed by atoms with Gasteiger partial charge in [-0.2, -0.15) is 0 Å². The van der Waals surface area contributed by atoms with Gasteiger partial charge in [0.2, 0.25) is 0 Å². The molecule has 0 radical (unpaired) electrons. The maximum atomic E-state index is 9.67. The Bertz CT molecular complexity index is 248. The van der Waals surface area contributed by atoms with E-state index in [1.165, 1.54) is 0 Å². The molecule has 0 unspecified atom stereocenters. The van der Waals surface area contributed by atoms with Gasteiger partial charge in [0, 0.05) is 4.47 Å². The fraction of sp³-hybridized carbons (Fsp3) is 0.400. The Hall–Kier alpha value is -0.380. The second kappa shape index (κ2) is 5.37. The summed E-state index contributed by atoms with van der Waals surface area (Å²) in [6.07, 6.45) is 1.21. The number of hydrogen-bond donors (Lipinski definition) is 2. The molecule has 13 heavy (non-hydrogen) atoms. The smallest absolute Gasteiger partial charge is 0.0790 e. The summed E-state index contributed by atoms with van der Waals surface area (Å²) in [5.74, 6) is 0. The van der Waals surface area contributed by atoms with Crippen LogP contribution in [0.25, 0.3) is 0 Å². The fourth-order valence-corrected chi connectivity index (χ4v) is 1.43. The first-order valence-electron chi connectivity index (χ1n) is 4.37. The highest BCUT2D eigenvalue weighted by Gasteiger charge is 2.05. The van der Waals surface area contributed by atoms with Crippen LogP contribution in [0.4, 0.5) is 0 Å². The predicted octanol–water partition coefficient (Wildman–Crippen LogP) is 2.22. The van der Waals surface area contributed by atoms with Crippen molar-refractivity contribution in [2.24, 2.45) is 5.73 Å². The molecule has 0 aliphatic heterocycles. The van der Waals surface area contributed by atoms with Crippen LogP contribution in [-0.2, 0) is 0 Å². The van der Waals surface area contributed by atoms with E-state index < -0.39 is 0 Å². The van der Waals surface area contributed by atoms with Crippen LogP contribution < -0.4 is 5.73 Å². The van der Waals surface area contributed by atoms with Gasteiger partial charge in [-0.1, -0.05) is 28.1 Å². The maximum absolute atomic E-state index is 9.67. The molecule has 0 aromatic heterocycles. The standard InChI is InChI=1S/C10H14BrNO/c11-9-5-3-8(4-6-9)10(13)2-1-7-12/h3-6,10,13H,1-2,7,12H2/t10-/m1/s1. The highest BCUT2D eigenvalue weighted by Crippen LogP contribution is 2.19. The Balaban J connectivity index is 2.55. The molecule has 0 fully saturated rings. The lowest BCUT2D eigenvalue weighted by atomic mass is 10.1. The van der Waals surface area contributed by atoms with E-state index in [4.69, 9.17) is 5.73 Å². The summed E-state index contributed by atoms with van der Waals surface area (Å²) in [7, 11) is 0. The summed E-state index contributed by atoms with van der Waals surface area (Å²) in [4.78, 5) is 0. The molecule has 72 valence electrons. The molecule has 0 saturated heterocycles. The lowest BCUT2D eigenvalue weighted by Crippen LogP contribution is -2.03. The van der Waals surface area contributed by atoms with Crippen LogP contribution in [0, 0.1) is 0 Å². The minimum atomic E-state index is -0.378. The Morgan fingerprint density at radius 2 is 1.92 bits per heavy atom. The van der Waals surface area contributed by atoms with Gasteiger partial charge >= 0.3 is 0 Å². The number of benzene rings is 1. The van der Waals surface area contributed by atoms with Gasteiger partial charge in [-0.05, 0) is 37.1 Å². The minimum Gasteiger partial charge on any atom is -0.388 e. The summed E-state index contributed by atoms with van der Waals surface area (Å²) < 4.78 is 1.03. The minimum absolute atomic E-state index is 0.378. The zero-order valence-corrected chi connectivity index (χ0v) is 9.00. The van der Waals surface area contributed by atoms with Gasteiger partial charge in [-0.25, -0.2) is 0 Å². The Labute approximate surface area is 86.9 Å². The molecule has 1 rings (SSSR count). The monoisotopic (exact) mass is 243 g/mol. The molecule has 0 amide bonds. The molecule has 3 N–H and O–H groups in total. The Kier molecular flexibility index (Phi) is 4.42. The molecular weight excluding hydrogens is 230 g/mol. The molecule has 0 aliphatic rings. The number of hydrogen-bond acceptors (Lipinski definition) is 2. The van der Waals surface area contributed by atoms with Crippen LogP contribution >= 0.6 is 15.9 Å². The number of aliphatic hydroxyl groups is 1. The summed E-state index contributed by atoms with van der Waals surface area (Å²) in [6.45, 7) is 0.633. The molecule has 1 atom stereocenters. The molecule has 1 aromatic rings. The first-order valence-corrected chi connectivity index (χ1v) is 5.17. The van der Waals surface area contributed by atoms with Crippen LogP contribution in [0.5, 0.6) is 0 Å². The molecule has 0 saturated carbocycles. The van der Waals surface area contributed by atoms with E-state index in [2.05, 4.69) is 15.9 Å². The summed E-state index contributed by atoms with van der Waals surface area (Å²) >= 11 is 3.35. The highest BCUT2D eigenvalue weighted by molar-refractivity contribution is 9.10. The Morgan fingerprint density at radius 1 is 1.31 bits per heavy atom. The molecule has 0 aliphatic carbocycles. The van der Waals surface area contributed by atoms with Crippen molar-refractivity contribution in [3.05, 3.63) is 34.3 Å². The van der Waals surface area contributed by atoms with Gasteiger partial charge in [0.15, 0.2) is 0 Å². The van der Waals surface area contributed by atoms with Gasteiger partial charge in [0.05, 0.1) is 6.10 Å². The molecule has 0 heterocycles. The normalized spacial score (nSPS) is 12.8. The summed E-state index contributed by atoms with van der Waals surface area (Å²) in [6, 6.07) is 7.71. The molecule has 3 heteroatoms. The Morgan fingerprint density at radius 3 is 2.46 bits per heavy atom. The van der Waals surface area contributed by atoms with Crippen molar-refractivity contribution in [1.29, 1.82) is 0 Å². The van der Waals surface area contributed by atoms with E-state index in [0.29, 0.717) is 6.54 Å². The zero-order valence-electron chi connectivity index (χ0n) is 7.41. The largest absolute Gasteiger partial charge is 0.388 e. The first kappa shape index (κ1) is 10.7.